The van der Waals surface area contributed by atoms with Gasteiger partial charge in [-0.2, -0.15) is 0 Å². The van der Waals surface area contributed by atoms with Crippen LogP contribution in [0.25, 0.3) is 0 Å². The van der Waals surface area contributed by atoms with Crippen LogP contribution in [-0.4, -0.2) is 37.1 Å². The van der Waals surface area contributed by atoms with Crippen molar-refractivity contribution in [3.05, 3.63) is 60.2 Å². The fraction of sp³-hybridized carbons (Fsp3) is 0.364. The summed E-state index contributed by atoms with van der Waals surface area (Å²) in [5, 5.41) is 5.76. The highest BCUT2D eigenvalue weighted by molar-refractivity contribution is 5.97. The molecule has 2 aromatic rings. The Labute approximate surface area is 165 Å². The molecule has 0 spiro atoms. The topological polar surface area (TPSA) is 76.7 Å². The number of fused-ring (bicyclic) bond motifs is 1. The zero-order valence-electron chi connectivity index (χ0n) is 16.2. The number of ether oxygens (including phenoxy) is 2. The first kappa shape index (κ1) is 19.7. The Morgan fingerprint density at radius 2 is 1.75 bits per heavy atom. The number of hydrogen-bond donors (Lipinski definition) is 2. The number of carbonyl (C=O) groups excluding carboxylic acids is 2. The van der Waals surface area contributed by atoms with Crippen LogP contribution in [0.4, 0.5) is 0 Å². The van der Waals surface area contributed by atoms with E-state index in [9.17, 15) is 9.59 Å². The highest BCUT2D eigenvalue weighted by Crippen LogP contribution is 2.30. The molecule has 148 valence electrons. The summed E-state index contributed by atoms with van der Waals surface area (Å²) in [4.78, 5) is 25.3. The molecule has 0 bridgehead atoms. The van der Waals surface area contributed by atoms with Crippen molar-refractivity contribution in [1.82, 2.24) is 10.6 Å². The maximum absolute atomic E-state index is 12.8. The smallest absolute Gasteiger partial charge is 0.251 e. The van der Waals surface area contributed by atoms with Gasteiger partial charge in [0.2, 0.25) is 5.91 Å². The van der Waals surface area contributed by atoms with Crippen LogP contribution in [0.1, 0.15) is 30.6 Å². The van der Waals surface area contributed by atoms with Crippen LogP contribution in [0.15, 0.2) is 54.6 Å². The molecule has 2 amide bonds. The van der Waals surface area contributed by atoms with E-state index in [2.05, 4.69) is 10.6 Å². The molecule has 28 heavy (non-hydrogen) atoms. The Kier molecular flexibility index (Phi) is 6.53. The van der Waals surface area contributed by atoms with Crippen LogP contribution < -0.4 is 20.1 Å². The van der Waals surface area contributed by atoms with E-state index in [0.29, 0.717) is 30.2 Å². The second-order valence-corrected chi connectivity index (χ2v) is 6.95. The van der Waals surface area contributed by atoms with Gasteiger partial charge in [-0.05, 0) is 30.2 Å². The highest BCUT2D eigenvalue weighted by Gasteiger charge is 2.28. The molecule has 1 heterocycles. The predicted octanol–water partition coefficient (Wildman–Crippen LogP) is 2.79. The fourth-order valence-electron chi connectivity index (χ4n) is 3.00. The maximum Gasteiger partial charge on any atom is 0.251 e. The summed E-state index contributed by atoms with van der Waals surface area (Å²) in [6.45, 7) is 4.61. The van der Waals surface area contributed by atoms with Gasteiger partial charge in [-0.25, -0.2) is 0 Å². The Morgan fingerprint density at radius 3 is 2.46 bits per heavy atom. The minimum atomic E-state index is -0.616. The molecule has 3 unspecified atom stereocenters. The summed E-state index contributed by atoms with van der Waals surface area (Å²) in [5.41, 5.74) is 0.532. The van der Waals surface area contributed by atoms with E-state index in [4.69, 9.17) is 9.47 Å². The summed E-state index contributed by atoms with van der Waals surface area (Å²) in [6.07, 6.45) is 0.491. The van der Waals surface area contributed by atoms with Gasteiger partial charge < -0.3 is 20.1 Å². The zero-order valence-corrected chi connectivity index (χ0v) is 16.2. The van der Waals surface area contributed by atoms with E-state index < -0.39 is 6.04 Å². The molecule has 0 radical (unpaired) electrons. The number of carbonyl (C=O) groups is 2. The largest absolute Gasteiger partial charge is 0.486 e. The van der Waals surface area contributed by atoms with Crippen molar-refractivity contribution in [2.24, 2.45) is 5.92 Å². The van der Waals surface area contributed by atoms with Crippen LogP contribution in [0, 0.1) is 5.92 Å². The molecule has 0 saturated heterocycles. The number of hydrogen-bond acceptors (Lipinski definition) is 4. The third-order valence-corrected chi connectivity index (χ3v) is 4.89. The van der Waals surface area contributed by atoms with Gasteiger partial charge in [-0.3, -0.25) is 9.59 Å². The Balaban J connectivity index is 1.58. The van der Waals surface area contributed by atoms with Crippen molar-refractivity contribution in [2.75, 3.05) is 13.2 Å². The molecule has 0 aromatic heterocycles. The Bertz CT molecular complexity index is 809. The van der Waals surface area contributed by atoms with Gasteiger partial charge in [0.25, 0.3) is 5.91 Å². The second-order valence-electron chi connectivity index (χ2n) is 6.95. The van der Waals surface area contributed by atoms with Gasteiger partial charge in [0, 0.05) is 5.56 Å². The first-order valence-electron chi connectivity index (χ1n) is 9.60. The quantitative estimate of drug-likeness (QED) is 0.772. The molecule has 1 aliphatic rings. The standard InChI is InChI=1S/C22H26N2O4/c1-3-15(2)20(24-21(25)16-9-5-4-6-10-16)22(26)23-13-17-14-27-18-11-7-8-12-19(18)28-17/h4-12,15,17,20H,3,13-14H2,1-2H3,(H,23,26)(H,24,25). The Hall–Kier alpha value is -3.02. The molecule has 0 fully saturated rings. The van der Waals surface area contributed by atoms with E-state index >= 15 is 0 Å². The van der Waals surface area contributed by atoms with Crippen LogP contribution in [0.5, 0.6) is 11.5 Å². The maximum atomic E-state index is 12.8. The molecule has 3 atom stereocenters. The molecule has 6 heteroatoms. The minimum Gasteiger partial charge on any atom is -0.486 e. The lowest BCUT2D eigenvalue weighted by atomic mass is 9.97. The molecule has 2 aromatic carbocycles. The van der Waals surface area contributed by atoms with Crippen LogP contribution >= 0.6 is 0 Å². The average Bonchev–Trinajstić information content (AvgIpc) is 2.75. The van der Waals surface area contributed by atoms with Crippen LogP contribution in [-0.2, 0) is 4.79 Å². The second kappa shape index (κ2) is 9.26. The van der Waals surface area contributed by atoms with Gasteiger partial charge in [0.15, 0.2) is 11.5 Å². The molecule has 3 rings (SSSR count). The highest BCUT2D eigenvalue weighted by atomic mass is 16.6. The summed E-state index contributed by atoms with van der Waals surface area (Å²) >= 11 is 0. The molecular formula is C22H26N2O4. The van der Waals surface area contributed by atoms with Gasteiger partial charge in [0.1, 0.15) is 18.8 Å². The number of para-hydroxylation sites is 2. The van der Waals surface area contributed by atoms with Crippen molar-refractivity contribution >= 4 is 11.8 Å². The molecular weight excluding hydrogens is 356 g/mol. The number of nitrogens with one attached hydrogen (secondary N) is 2. The molecule has 6 nitrogen and oxygen atoms in total. The zero-order chi connectivity index (χ0) is 19.9. The first-order valence-corrected chi connectivity index (χ1v) is 9.60. The number of amides is 2. The van der Waals surface area contributed by atoms with Gasteiger partial charge in [-0.15, -0.1) is 0 Å². The lowest BCUT2D eigenvalue weighted by molar-refractivity contribution is -0.124. The minimum absolute atomic E-state index is 0.00286. The van der Waals surface area contributed by atoms with Gasteiger partial charge >= 0.3 is 0 Å². The number of rotatable bonds is 7. The van der Waals surface area contributed by atoms with E-state index in [1.165, 1.54) is 0 Å². The molecule has 0 saturated carbocycles. The summed E-state index contributed by atoms with van der Waals surface area (Å²) in [5.74, 6) is 0.895. The lowest BCUT2D eigenvalue weighted by Crippen LogP contribution is -2.52. The van der Waals surface area contributed by atoms with E-state index in [0.717, 1.165) is 6.42 Å². The number of benzene rings is 2. The normalized spacial score (nSPS) is 17.3. The summed E-state index contributed by atoms with van der Waals surface area (Å²) in [6, 6.07) is 15.7. The SMILES string of the molecule is CCC(C)C(NC(=O)c1ccccc1)C(=O)NCC1COc2ccccc2O1. The fourth-order valence-corrected chi connectivity index (χ4v) is 3.00. The van der Waals surface area contributed by atoms with Crippen molar-refractivity contribution in [2.45, 2.75) is 32.4 Å². The molecule has 2 N–H and O–H groups in total. The average molecular weight is 382 g/mol. The monoisotopic (exact) mass is 382 g/mol. The summed E-state index contributed by atoms with van der Waals surface area (Å²) in [7, 11) is 0. The third kappa shape index (κ3) is 4.82. The van der Waals surface area contributed by atoms with Gasteiger partial charge in [-0.1, -0.05) is 50.6 Å². The van der Waals surface area contributed by atoms with Gasteiger partial charge in [0.05, 0.1) is 6.54 Å². The first-order chi connectivity index (χ1) is 13.6. The molecule has 1 aliphatic heterocycles. The lowest BCUT2D eigenvalue weighted by Gasteiger charge is -2.28. The van der Waals surface area contributed by atoms with E-state index in [1.54, 1.807) is 24.3 Å². The predicted molar refractivity (Wildman–Crippen MR) is 107 cm³/mol. The van der Waals surface area contributed by atoms with Crippen LogP contribution in [0.2, 0.25) is 0 Å². The molecule has 0 aliphatic carbocycles. The van der Waals surface area contributed by atoms with Crippen molar-refractivity contribution in [1.29, 1.82) is 0 Å². The summed E-state index contributed by atoms with van der Waals surface area (Å²) < 4.78 is 11.5. The van der Waals surface area contributed by atoms with Crippen molar-refractivity contribution in [3.63, 3.8) is 0 Å². The Morgan fingerprint density at radius 1 is 1.07 bits per heavy atom. The van der Waals surface area contributed by atoms with E-state index in [-0.39, 0.29) is 23.8 Å². The third-order valence-electron chi connectivity index (χ3n) is 4.89. The van der Waals surface area contributed by atoms with E-state index in [1.807, 2.05) is 44.2 Å². The van der Waals surface area contributed by atoms with Crippen molar-refractivity contribution < 1.29 is 19.1 Å². The van der Waals surface area contributed by atoms with Crippen molar-refractivity contribution in [3.8, 4) is 11.5 Å². The van der Waals surface area contributed by atoms with Crippen LogP contribution in [0.3, 0.4) is 0 Å².